The lowest BCUT2D eigenvalue weighted by Gasteiger charge is -2.40. The van der Waals surface area contributed by atoms with Gasteiger partial charge in [0.2, 0.25) is 0 Å². The number of hydrogen-bond acceptors (Lipinski definition) is 4. The minimum Gasteiger partial charge on any atom is -0.299 e. The number of halogens is 9. The maximum atomic E-state index is 14.3. The van der Waals surface area contributed by atoms with Crippen LogP contribution in [-0.4, -0.2) is 54.7 Å². The molecule has 0 aromatic carbocycles. The molecule has 0 aliphatic rings. The van der Waals surface area contributed by atoms with E-state index in [-0.39, 0.29) is 30.8 Å². The molecule has 0 saturated carbocycles. The van der Waals surface area contributed by atoms with Gasteiger partial charge in [0, 0.05) is 17.9 Å². The molecule has 0 aromatic rings. The Kier molecular flexibility index (Phi) is 12.2. The largest absolute Gasteiger partial charge is 0.460 e. The van der Waals surface area contributed by atoms with Gasteiger partial charge in [-0.15, -0.1) is 10.3 Å². The van der Waals surface area contributed by atoms with E-state index in [0.717, 1.165) is 6.42 Å². The summed E-state index contributed by atoms with van der Waals surface area (Å²) in [5.74, 6) is -16.7. The average Bonchev–Trinajstić information content (AvgIpc) is 2.69. The first-order chi connectivity index (χ1) is 15.3. The predicted molar refractivity (Wildman–Crippen MR) is 112 cm³/mol. The van der Waals surface area contributed by atoms with Crippen LogP contribution >= 0.6 is 10.3 Å². The zero-order chi connectivity index (χ0) is 27.1. The number of rotatable bonds is 17. The summed E-state index contributed by atoms with van der Waals surface area (Å²) in [6.45, 7) is 5.07. The second-order valence-electron chi connectivity index (χ2n) is 7.91. The molecule has 4 nitrogen and oxygen atoms in total. The molecule has 206 valence electrons. The van der Waals surface area contributed by atoms with Crippen LogP contribution in [0.5, 0.6) is 0 Å². The van der Waals surface area contributed by atoms with Crippen LogP contribution in [0.25, 0.3) is 0 Å². The first kappa shape index (κ1) is 33.3. The Balaban J connectivity index is 6.38. The summed E-state index contributed by atoms with van der Waals surface area (Å²) in [6, 6.07) is 0. The summed E-state index contributed by atoms with van der Waals surface area (Å²) < 4.78 is 149. The van der Waals surface area contributed by atoms with Crippen LogP contribution in [-0.2, 0) is 18.5 Å². The molecule has 0 radical (unpaired) electrons. The van der Waals surface area contributed by atoms with Crippen LogP contribution in [0.2, 0.25) is 0 Å². The second-order valence-corrected chi connectivity index (χ2v) is 12.9. The summed E-state index contributed by atoms with van der Waals surface area (Å²) in [5.41, 5.74) is 0. The first-order valence-electron chi connectivity index (χ1n) is 10.7. The standard InChI is InChI=1S/C19H31F9O4S2/c1-4-7-10-11-15(29)14-33(12-8-5-2,13-9-6-3)32-34(30,31)19(27,28)17(22,23)16(20,21)18(24,25)26/h4-14H2,1-3H3. The fourth-order valence-corrected chi connectivity index (χ4v) is 8.74. The molecular formula is C19H31F9O4S2. The van der Waals surface area contributed by atoms with Crippen molar-refractivity contribution >= 4 is 26.2 Å². The van der Waals surface area contributed by atoms with E-state index in [1.54, 1.807) is 13.8 Å². The third kappa shape index (κ3) is 7.65. The van der Waals surface area contributed by atoms with Crippen molar-refractivity contribution in [1.82, 2.24) is 0 Å². The molecule has 0 unspecified atom stereocenters. The molecule has 0 aromatic heterocycles. The lowest BCUT2D eigenvalue weighted by atomic mass is 10.1. The van der Waals surface area contributed by atoms with Gasteiger partial charge in [-0.1, -0.05) is 46.5 Å². The van der Waals surface area contributed by atoms with Crippen LogP contribution in [0.3, 0.4) is 0 Å². The third-order valence-electron chi connectivity index (χ3n) is 4.89. The molecule has 0 bridgehead atoms. The summed E-state index contributed by atoms with van der Waals surface area (Å²) in [6.07, 6.45) is -4.58. The van der Waals surface area contributed by atoms with Crippen molar-refractivity contribution < 1.29 is 56.4 Å². The van der Waals surface area contributed by atoms with Crippen molar-refractivity contribution in [2.24, 2.45) is 0 Å². The number of ketones is 1. The molecule has 0 atom stereocenters. The molecule has 0 rings (SSSR count). The number of carbonyl (C=O) groups is 1. The van der Waals surface area contributed by atoms with Gasteiger partial charge in [0.15, 0.2) is 0 Å². The first-order valence-corrected chi connectivity index (χ1v) is 14.2. The van der Waals surface area contributed by atoms with E-state index >= 15 is 0 Å². The van der Waals surface area contributed by atoms with E-state index < -0.39 is 55.2 Å². The fraction of sp³-hybridized carbons (Fsp3) is 0.947. The molecule has 15 heteroatoms. The van der Waals surface area contributed by atoms with E-state index in [2.05, 4.69) is 3.63 Å². The van der Waals surface area contributed by atoms with E-state index in [9.17, 15) is 52.7 Å². The molecule has 0 saturated heterocycles. The molecule has 0 amide bonds. The van der Waals surface area contributed by atoms with Crippen LogP contribution in [0, 0.1) is 0 Å². The van der Waals surface area contributed by atoms with Gasteiger partial charge in [-0.25, -0.2) is 3.63 Å². The van der Waals surface area contributed by atoms with Gasteiger partial charge < -0.3 is 0 Å². The van der Waals surface area contributed by atoms with Gasteiger partial charge in [-0.05, 0) is 19.3 Å². The molecule has 0 aliphatic heterocycles. The number of alkyl halides is 9. The molecule has 34 heavy (non-hydrogen) atoms. The number of Topliss-reactive ketones (excluding diaryl/α,β-unsaturated/α-hetero) is 1. The van der Waals surface area contributed by atoms with Crippen molar-refractivity contribution in [3.63, 3.8) is 0 Å². The molecule has 0 fully saturated rings. The SMILES string of the molecule is CCCCCC(=O)CS(CCCC)(CCCC)OS(=O)(=O)C(F)(F)C(F)(F)C(F)(F)C(F)(F)F. The average molecular weight is 559 g/mol. The Morgan fingerprint density at radius 1 is 0.706 bits per heavy atom. The fourth-order valence-electron chi connectivity index (χ4n) is 2.84. The minimum atomic E-state index is -7.37. The van der Waals surface area contributed by atoms with Crippen LogP contribution in [0.4, 0.5) is 39.5 Å². The minimum absolute atomic E-state index is 0.0804. The van der Waals surface area contributed by atoms with Crippen LogP contribution in [0.1, 0.15) is 72.1 Å². The summed E-state index contributed by atoms with van der Waals surface area (Å²) in [5, 5.41) is -6.93. The molecule has 0 aliphatic carbocycles. The second kappa shape index (κ2) is 12.5. The number of carbonyl (C=O) groups excluding carboxylic acids is 1. The molecule has 0 spiro atoms. The monoisotopic (exact) mass is 558 g/mol. The van der Waals surface area contributed by atoms with Gasteiger partial charge >= 0.3 is 33.4 Å². The highest BCUT2D eigenvalue weighted by molar-refractivity contribution is 8.33. The maximum absolute atomic E-state index is 14.3. The van der Waals surface area contributed by atoms with E-state index in [1.807, 2.05) is 6.92 Å². The van der Waals surface area contributed by atoms with Gasteiger partial charge in [0.1, 0.15) is 5.78 Å². The Hall–Kier alpha value is -0.700. The third-order valence-corrected chi connectivity index (χ3v) is 10.6. The Labute approximate surface area is 195 Å². The van der Waals surface area contributed by atoms with Crippen molar-refractivity contribution in [2.75, 3.05) is 17.3 Å². The van der Waals surface area contributed by atoms with E-state index in [0.29, 0.717) is 25.7 Å². The van der Waals surface area contributed by atoms with E-state index in [4.69, 9.17) is 0 Å². The van der Waals surface area contributed by atoms with Crippen molar-refractivity contribution in [1.29, 1.82) is 0 Å². The lowest BCUT2D eigenvalue weighted by Crippen LogP contribution is -2.63. The van der Waals surface area contributed by atoms with Gasteiger partial charge in [0.05, 0.1) is 5.75 Å². The van der Waals surface area contributed by atoms with Gasteiger partial charge in [-0.2, -0.15) is 47.9 Å². The quantitative estimate of drug-likeness (QED) is 0.140. The van der Waals surface area contributed by atoms with Gasteiger partial charge in [-0.3, -0.25) is 4.79 Å². The van der Waals surface area contributed by atoms with Crippen molar-refractivity contribution in [3.05, 3.63) is 0 Å². The Bertz CT molecular complexity index is 745. The van der Waals surface area contributed by atoms with Gasteiger partial charge in [0.25, 0.3) is 0 Å². The maximum Gasteiger partial charge on any atom is 0.460 e. The van der Waals surface area contributed by atoms with E-state index in [1.165, 1.54) is 0 Å². The molecular weight excluding hydrogens is 527 g/mol. The lowest BCUT2D eigenvalue weighted by molar-refractivity contribution is -0.382. The number of unbranched alkanes of at least 4 members (excludes halogenated alkanes) is 4. The topological polar surface area (TPSA) is 60.4 Å². The smallest absolute Gasteiger partial charge is 0.299 e. The normalized spacial score (nSPS) is 14.9. The predicted octanol–water partition coefficient (Wildman–Crippen LogP) is 7.23. The zero-order valence-electron chi connectivity index (χ0n) is 19.1. The summed E-state index contributed by atoms with van der Waals surface area (Å²) in [7, 11) is -10.4. The highest BCUT2D eigenvalue weighted by Crippen LogP contribution is 2.59. The van der Waals surface area contributed by atoms with Crippen LogP contribution < -0.4 is 0 Å². The van der Waals surface area contributed by atoms with Crippen molar-refractivity contribution in [3.8, 4) is 0 Å². The Morgan fingerprint density at radius 3 is 1.53 bits per heavy atom. The highest BCUT2D eigenvalue weighted by Gasteiger charge is 2.86. The van der Waals surface area contributed by atoms with Crippen LogP contribution in [0.15, 0.2) is 0 Å². The zero-order valence-corrected chi connectivity index (χ0v) is 20.8. The Morgan fingerprint density at radius 2 is 1.15 bits per heavy atom. The number of hydrogen-bond donors (Lipinski definition) is 0. The summed E-state index contributed by atoms with van der Waals surface area (Å²) in [4.78, 5) is 12.4. The highest BCUT2D eigenvalue weighted by atomic mass is 32.3. The summed E-state index contributed by atoms with van der Waals surface area (Å²) >= 11 is 0. The van der Waals surface area contributed by atoms with Crippen molar-refractivity contribution in [2.45, 2.75) is 95.4 Å². The molecule has 0 N–H and O–H groups in total. The molecule has 0 heterocycles.